The third-order valence-electron chi connectivity index (χ3n) is 2.11. The molecular weight excluding hydrogens is 208 g/mol. The third kappa shape index (κ3) is 4.30. The van der Waals surface area contributed by atoms with Gasteiger partial charge in [-0.15, -0.1) is 0 Å². The fraction of sp³-hybridized carbons (Fsp3) is 1.00. The first-order valence-electron chi connectivity index (χ1n) is 4.22. The molecule has 0 aliphatic carbocycles. The van der Waals surface area contributed by atoms with Crippen LogP contribution in [0.25, 0.3) is 0 Å². The van der Waals surface area contributed by atoms with Gasteiger partial charge in [0.1, 0.15) is 0 Å². The van der Waals surface area contributed by atoms with Gasteiger partial charge < -0.3 is 5.32 Å². The summed E-state index contributed by atoms with van der Waals surface area (Å²) in [7, 11) is -3.03. The number of thioether (sulfide) groups is 1. The topological polar surface area (TPSA) is 58.2 Å². The van der Waals surface area contributed by atoms with Crippen LogP contribution < -0.4 is 10.0 Å². The second-order valence-corrected chi connectivity index (χ2v) is 6.29. The molecule has 0 bridgehead atoms. The van der Waals surface area contributed by atoms with Crippen molar-refractivity contribution < 1.29 is 8.42 Å². The summed E-state index contributed by atoms with van der Waals surface area (Å²) in [4.78, 5) is 0. The van der Waals surface area contributed by atoms with E-state index in [1.165, 1.54) is 6.26 Å². The SMILES string of the molecule is CSC1CNC(CNS(C)(=O)=O)C1. The Bertz CT molecular complexity index is 253. The molecule has 0 aromatic rings. The van der Waals surface area contributed by atoms with Crippen LogP contribution in [0.3, 0.4) is 0 Å². The molecule has 1 aliphatic heterocycles. The summed E-state index contributed by atoms with van der Waals surface area (Å²) in [6.45, 7) is 1.49. The molecule has 13 heavy (non-hydrogen) atoms. The van der Waals surface area contributed by atoms with Crippen molar-refractivity contribution in [2.75, 3.05) is 25.6 Å². The second kappa shape index (κ2) is 4.63. The first-order chi connectivity index (χ1) is 6.01. The van der Waals surface area contributed by atoms with Gasteiger partial charge in [0, 0.05) is 24.4 Å². The van der Waals surface area contributed by atoms with Gasteiger partial charge in [-0.2, -0.15) is 11.8 Å². The predicted molar refractivity (Wildman–Crippen MR) is 56.6 cm³/mol. The van der Waals surface area contributed by atoms with Gasteiger partial charge in [0.2, 0.25) is 10.0 Å². The van der Waals surface area contributed by atoms with Crippen LogP contribution in [-0.2, 0) is 10.0 Å². The van der Waals surface area contributed by atoms with E-state index in [1.807, 2.05) is 11.8 Å². The smallest absolute Gasteiger partial charge is 0.208 e. The molecule has 4 nitrogen and oxygen atoms in total. The fourth-order valence-corrected chi connectivity index (χ4v) is 2.56. The summed E-state index contributed by atoms with van der Waals surface area (Å²) in [6.07, 6.45) is 4.32. The molecule has 0 spiro atoms. The molecule has 1 rings (SSSR count). The molecular formula is C7H16N2O2S2. The molecule has 0 aromatic heterocycles. The highest BCUT2D eigenvalue weighted by Crippen LogP contribution is 2.17. The first kappa shape index (κ1) is 11.3. The Hall–Kier alpha value is 0.220. The van der Waals surface area contributed by atoms with Gasteiger partial charge in [0.05, 0.1) is 6.26 Å². The molecule has 0 amide bonds. The molecule has 1 aliphatic rings. The predicted octanol–water partition coefficient (Wildman–Crippen LogP) is -0.371. The highest BCUT2D eigenvalue weighted by Gasteiger charge is 2.23. The lowest BCUT2D eigenvalue weighted by Gasteiger charge is -2.09. The number of hydrogen-bond acceptors (Lipinski definition) is 4. The molecule has 2 N–H and O–H groups in total. The molecule has 0 aromatic carbocycles. The summed E-state index contributed by atoms with van der Waals surface area (Å²) in [5.41, 5.74) is 0. The lowest BCUT2D eigenvalue weighted by Crippen LogP contribution is -2.36. The van der Waals surface area contributed by atoms with E-state index >= 15 is 0 Å². The van der Waals surface area contributed by atoms with E-state index in [2.05, 4.69) is 16.3 Å². The van der Waals surface area contributed by atoms with Crippen LogP contribution in [0.5, 0.6) is 0 Å². The van der Waals surface area contributed by atoms with Crippen molar-refractivity contribution in [2.45, 2.75) is 17.7 Å². The van der Waals surface area contributed by atoms with E-state index < -0.39 is 10.0 Å². The molecule has 1 heterocycles. The van der Waals surface area contributed by atoms with Crippen LogP contribution >= 0.6 is 11.8 Å². The maximum Gasteiger partial charge on any atom is 0.208 e. The summed E-state index contributed by atoms with van der Waals surface area (Å²) >= 11 is 1.83. The summed E-state index contributed by atoms with van der Waals surface area (Å²) < 4.78 is 24.1. The standard InChI is InChI=1S/C7H16N2O2S2/c1-12-7-3-6(8-5-7)4-9-13(2,10)11/h6-9H,3-5H2,1-2H3. The lowest BCUT2D eigenvalue weighted by atomic mass is 10.2. The molecule has 2 unspecified atom stereocenters. The first-order valence-corrected chi connectivity index (χ1v) is 7.40. The van der Waals surface area contributed by atoms with Gasteiger partial charge in [-0.25, -0.2) is 13.1 Å². The molecule has 6 heteroatoms. The maximum absolute atomic E-state index is 10.8. The third-order valence-corrected chi connectivity index (χ3v) is 3.82. The van der Waals surface area contributed by atoms with Crippen LogP contribution in [0.15, 0.2) is 0 Å². The Morgan fingerprint density at radius 1 is 1.62 bits per heavy atom. The van der Waals surface area contributed by atoms with Crippen molar-refractivity contribution in [1.29, 1.82) is 0 Å². The second-order valence-electron chi connectivity index (χ2n) is 3.32. The number of sulfonamides is 1. The normalized spacial score (nSPS) is 29.4. The zero-order chi connectivity index (χ0) is 9.90. The monoisotopic (exact) mass is 224 g/mol. The van der Waals surface area contributed by atoms with Gasteiger partial charge in [-0.05, 0) is 12.7 Å². The molecule has 1 fully saturated rings. The zero-order valence-corrected chi connectivity index (χ0v) is 9.54. The fourth-order valence-electron chi connectivity index (χ4n) is 1.37. The minimum absolute atomic E-state index is 0.298. The Kier molecular flexibility index (Phi) is 4.03. The Labute approximate surface area is 83.9 Å². The van der Waals surface area contributed by atoms with Crippen molar-refractivity contribution in [1.82, 2.24) is 10.0 Å². The zero-order valence-electron chi connectivity index (χ0n) is 7.91. The van der Waals surface area contributed by atoms with Crippen LogP contribution in [0, 0.1) is 0 Å². The molecule has 0 radical (unpaired) electrons. The molecule has 2 atom stereocenters. The Morgan fingerprint density at radius 2 is 2.31 bits per heavy atom. The summed E-state index contributed by atoms with van der Waals surface area (Å²) in [6, 6.07) is 0.298. The van der Waals surface area contributed by atoms with Gasteiger partial charge in [-0.3, -0.25) is 0 Å². The van der Waals surface area contributed by atoms with Gasteiger partial charge >= 0.3 is 0 Å². The highest BCUT2D eigenvalue weighted by molar-refractivity contribution is 7.99. The van der Waals surface area contributed by atoms with Crippen molar-refractivity contribution in [3.63, 3.8) is 0 Å². The van der Waals surface area contributed by atoms with Gasteiger partial charge in [0.15, 0.2) is 0 Å². The van der Waals surface area contributed by atoms with E-state index in [1.54, 1.807) is 0 Å². The van der Waals surface area contributed by atoms with E-state index in [0.29, 0.717) is 17.8 Å². The van der Waals surface area contributed by atoms with Crippen LogP contribution in [0.2, 0.25) is 0 Å². The summed E-state index contributed by atoms with van der Waals surface area (Å²) in [5.74, 6) is 0. The lowest BCUT2D eigenvalue weighted by molar-refractivity contribution is 0.556. The van der Waals surface area contributed by atoms with Gasteiger partial charge in [0.25, 0.3) is 0 Å². The molecule has 1 saturated heterocycles. The quantitative estimate of drug-likeness (QED) is 0.684. The van der Waals surface area contributed by atoms with Crippen molar-refractivity contribution in [3.8, 4) is 0 Å². The average molecular weight is 224 g/mol. The largest absolute Gasteiger partial charge is 0.312 e. The van der Waals surface area contributed by atoms with E-state index in [4.69, 9.17) is 0 Å². The van der Waals surface area contributed by atoms with Crippen molar-refractivity contribution in [2.24, 2.45) is 0 Å². The van der Waals surface area contributed by atoms with Crippen LogP contribution in [0.4, 0.5) is 0 Å². The van der Waals surface area contributed by atoms with Crippen molar-refractivity contribution in [3.05, 3.63) is 0 Å². The highest BCUT2D eigenvalue weighted by atomic mass is 32.2. The molecule has 0 saturated carbocycles. The minimum Gasteiger partial charge on any atom is -0.312 e. The van der Waals surface area contributed by atoms with Crippen molar-refractivity contribution >= 4 is 21.8 Å². The summed E-state index contributed by atoms with van der Waals surface area (Å²) in [5, 5.41) is 3.91. The van der Waals surface area contributed by atoms with Gasteiger partial charge in [-0.1, -0.05) is 0 Å². The maximum atomic E-state index is 10.8. The average Bonchev–Trinajstić information content (AvgIpc) is 2.47. The van der Waals surface area contributed by atoms with E-state index in [-0.39, 0.29) is 0 Å². The Morgan fingerprint density at radius 3 is 2.77 bits per heavy atom. The number of rotatable bonds is 4. The van der Waals surface area contributed by atoms with E-state index in [9.17, 15) is 8.42 Å². The van der Waals surface area contributed by atoms with Crippen LogP contribution in [0.1, 0.15) is 6.42 Å². The van der Waals surface area contributed by atoms with Crippen LogP contribution in [-0.4, -0.2) is 45.3 Å². The number of hydrogen-bond donors (Lipinski definition) is 2. The molecule has 78 valence electrons. The number of nitrogens with one attached hydrogen (secondary N) is 2. The van der Waals surface area contributed by atoms with E-state index in [0.717, 1.165) is 13.0 Å². The Balaban J connectivity index is 2.25. The minimum atomic E-state index is -3.03.